The van der Waals surface area contributed by atoms with Crippen LogP contribution in [0.1, 0.15) is 26.2 Å². The van der Waals surface area contributed by atoms with Crippen LogP contribution in [0.5, 0.6) is 0 Å². The lowest BCUT2D eigenvalue weighted by Gasteiger charge is -2.34. The van der Waals surface area contributed by atoms with Gasteiger partial charge in [0.05, 0.1) is 11.3 Å². The van der Waals surface area contributed by atoms with E-state index in [4.69, 9.17) is 21.1 Å². The lowest BCUT2D eigenvalue weighted by atomic mass is 10.2. The van der Waals surface area contributed by atoms with Crippen molar-refractivity contribution in [3.8, 4) is 0 Å². The van der Waals surface area contributed by atoms with Crippen molar-refractivity contribution in [1.82, 2.24) is 9.21 Å². The molecular formula is C19H23ClN2O7S. The van der Waals surface area contributed by atoms with Crippen LogP contribution < -0.4 is 0 Å². The molecule has 11 heteroatoms. The summed E-state index contributed by atoms with van der Waals surface area (Å²) in [4.78, 5) is 37.4. The molecule has 2 fully saturated rings. The fourth-order valence-corrected chi connectivity index (χ4v) is 4.88. The fourth-order valence-electron chi connectivity index (χ4n) is 3.33. The third kappa shape index (κ3) is 5.30. The summed E-state index contributed by atoms with van der Waals surface area (Å²) in [5.41, 5.74) is 0. The largest absolute Gasteiger partial charge is 0.460 e. The second kappa shape index (κ2) is 9.32. The van der Waals surface area contributed by atoms with E-state index in [1.807, 2.05) is 0 Å². The monoisotopic (exact) mass is 458 g/mol. The summed E-state index contributed by atoms with van der Waals surface area (Å²) in [6, 6.07) is 5.92. The number of hydrogen-bond acceptors (Lipinski definition) is 7. The van der Waals surface area contributed by atoms with E-state index in [0.29, 0.717) is 11.4 Å². The molecule has 0 aliphatic carbocycles. The van der Waals surface area contributed by atoms with Crippen molar-refractivity contribution in [2.75, 3.05) is 26.2 Å². The molecule has 0 saturated carbocycles. The van der Waals surface area contributed by atoms with Crippen LogP contribution in [0.25, 0.3) is 0 Å². The number of sulfonamides is 1. The van der Waals surface area contributed by atoms with E-state index in [0.717, 1.165) is 0 Å². The normalized spacial score (nSPS) is 22.6. The van der Waals surface area contributed by atoms with Crippen LogP contribution in [0.2, 0.25) is 5.02 Å². The Labute approximate surface area is 179 Å². The van der Waals surface area contributed by atoms with Crippen LogP contribution in [-0.4, -0.2) is 73.9 Å². The summed E-state index contributed by atoms with van der Waals surface area (Å²) >= 11 is 5.81. The van der Waals surface area contributed by atoms with Gasteiger partial charge in [-0.05, 0) is 31.2 Å². The summed E-state index contributed by atoms with van der Waals surface area (Å²) in [5, 5.41) is 0.447. The van der Waals surface area contributed by atoms with Crippen LogP contribution in [0.4, 0.5) is 0 Å². The van der Waals surface area contributed by atoms with Gasteiger partial charge in [-0.25, -0.2) is 13.2 Å². The second-order valence-corrected chi connectivity index (χ2v) is 9.57. The number of benzene rings is 1. The number of carbonyl (C=O) groups excluding carboxylic acids is 3. The van der Waals surface area contributed by atoms with Gasteiger partial charge in [0.2, 0.25) is 22.0 Å². The standard InChI is InChI=1S/C19H23ClN2O7S/c1-13-12-16(19(25)28-13)29-18(24)7-6-17(23)21-8-10-22(11-9-21)30(26,27)15-4-2-14(20)3-5-15/h2-5,13,16H,6-12H2,1H3/t13-,16-/m1/s1. The molecule has 0 unspecified atom stereocenters. The van der Waals surface area contributed by atoms with Crippen molar-refractivity contribution in [3.05, 3.63) is 29.3 Å². The predicted octanol–water partition coefficient (Wildman–Crippen LogP) is 1.20. The molecule has 1 aromatic rings. The van der Waals surface area contributed by atoms with Crippen LogP contribution in [0.15, 0.2) is 29.2 Å². The van der Waals surface area contributed by atoms with Gasteiger partial charge in [0.15, 0.2) is 0 Å². The van der Waals surface area contributed by atoms with E-state index in [9.17, 15) is 22.8 Å². The Balaban J connectivity index is 1.45. The van der Waals surface area contributed by atoms with E-state index in [2.05, 4.69) is 0 Å². The Morgan fingerprint density at radius 3 is 2.33 bits per heavy atom. The molecule has 3 rings (SSSR count). The lowest BCUT2D eigenvalue weighted by molar-refractivity contribution is -0.161. The van der Waals surface area contributed by atoms with Gasteiger partial charge in [-0.15, -0.1) is 0 Å². The number of hydrogen-bond donors (Lipinski definition) is 0. The van der Waals surface area contributed by atoms with Crippen molar-refractivity contribution in [1.29, 1.82) is 0 Å². The minimum Gasteiger partial charge on any atom is -0.460 e. The zero-order valence-electron chi connectivity index (χ0n) is 16.5. The van der Waals surface area contributed by atoms with E-state index in [-0.39, 0.29) is 55.9 Å². The summed E-state index contributed by atoms with van der Waals surface area (Å²) in [5.74, 6) is -1.47. The van der Waals surface area contributed by atoms with Gasteiger partial charge in [0.25, 0.3) is 0 Å². The second-order valence-electron chi connectivity index (χ2n) is 7.20. The van der Waals surface area contributed by atoms with Crippen LogP contribution in [-0.2, 0) is 33.9 Å². The van der Waals surface area contributed by atoms with Crippen molar-refractivity contribution >= 4 is 39.5 Å². The van der Waals surface area contributed by atoms with Crippen LogP contribution in [0, 0.1) is 0 Å². The molecule has 0 bridgehead atoms. The SMILES string of the molecule is C[C@@H]1C[C@@H](OC(=O)CCC(=O)N2CCN(S(=O)(=O)c3ccc(Cl)cc3)CC2)C(=O)O1. The molecule has 1 amide bonds. The van der Waals surface area contributed by atoms with Crippen LogP contribution >= 0.6 is 11.6 Å². The maximum atomic E-state index is 12.7. The Morgan fingerprint density at radius 1 is 1.13 bits per heavy atom. The number of carbonyl (C=O) groups is 3. The molecule has 0 aromatic heterocycles. The van der Waals surface area contributed by atoms with Gasteiger partial charge in [0.1, 0.15) is 6.10 Å². The molecule has 0 spiro atoms. The van der Waals surface area contributed by atoms with E-state index >= 15 is 0 Å². The molecule has 2 aliphatic heterocycles. The lowest BCUT2D eigenvalue weighted by Crippen LogP contribution is -2.50. The Bertz CT molecular complexity index is 911. The highest BCUT2D eigenvalue weighted by Crippen LogP contribution is 2.21. The summed E-state index contributed by atoms with van der Waals surface area (Å²) < 4.78 is 36.7. The minimum absolute atomic E-state index is 0.0694. The molecule has 30 heavy (non-hydrogen) atoms. The van der Waals surface area contributed by atoms with Gasteiger partial charge < -0.3 is 14.4 Å². The van der Waals surface area contributed by atoms with Crippen molar-refractivity contribution < 1.29 is 32.3 Å². The van der Waals surface area contributed by atoms with Gasteiger partial charge in [-0.3, -0.25) is 9.59 Å². The summed E-state index contributed by atoms with van der Waals surface area (Å²) in [6.45, 7) is 2.49. The number of amides is 1. The van der Waals surface area contributed by atoms with Gasteiger partial charge in [-0.2, -0.15) is 4.31 Å². The molecule has 2 heterocycles. The molecule has 2 aliphatic rings. The molecular weight excluding hydrogens is 436 g/mol. The number of cyclic esters (lactones) is 1. The number of esters is 2. The molecule has 9 nitrogen and oxygen atoms in total. The fraction of sp³-hybridized carbons (Fsp3) is 0.526. The smallest absolute Gasteiger partial charge is 0.347 e. The zero-order chi connectivity index (χ0) is 21.9. The first-order valence-electron chi connectivity index (χ1n) is 9.60. The van der Waals surface area contributed by atoms with Crippen LogP contribution in [0.3, 0.4) is 0 Å². The average Bonchev–Trinajstić information content (AvgIpc) is 3.03. The summed E-state index contributed by atoms with van der Waals surface area (Å²) in [6.07, 6.45) is -1.12. The number of ether oxygens (including phenoxy) is 2. The number of nitrogens with zero attached hydrogens (tertiary/aromatic N) is 2. The van der Waals surface area contributed by atoms with E-state index < -0.39 is 28.1 Å². The maximum Gasteiger partial charge on any atom is 0.347 e. The Kier molecular flexibility index (Phi) is 6.99. The van der Waals surface area contributed by atoms with Gasteiger partial charge in [0, 0.05) is 44.0 Å². The third-order valence-electron chi connectivity index (χ3n) is 4.99. The number of halogens is 1. The predicted molar refractivity (Wildman–Crippen MR) is 106 cm³/mol. The molecule has 2 saturated heterocycles. The average molecular weight is 459 g/mol. The maximum absolute atomic E-state index is 12.7. The molecule has 1 aromatic carbocycles. The quantitative estimate of drug-likeness (QED) is 0.589. The highest BCUT2D eigenvalue weighted by Gasteiger charge is 2.35. The minimum atomic E-state index is -3.66. The van der Waals surface area contributed by atoms with Gasteiger partial charge in [-0.1, -0.05) is 11.6 Å². The first-order valence-corrected chi connectivity index (χ1v) is 11.4. The molecule has 0 radical (unpaired) electrons. The van der Waals surface area contributed by atoms with Crippen molar-refractivity contribution in [2.24, 2.45) is 0 Å². The summed E-state index contributed by atoms with van der Waals surface area (Å²) in [7, 11) is -3.66. The molecule has 164 valence electrons. The first kappa shape index (κ1) is 22.5. The number of piperazine rings is 1. The Hall–Kier alpha value is -2.17. The van der Waals surface area contributed by atoms with E-state index in [1.54, 1.807) is 6.92 Å². The highest BCUT2D eigenvalue weighted by molar-refractivity contribution is 7.89. The van der Waals surface area contributed by atoms with Crippen molar-refractivity contribution in [3.63, 3.8) is 0 Å². The zero-order valence-corrected chi connectivity index (χ0v) is 18.0. The van der Waals surface area contributed by atoms with Gasteiger partial charge >= 0.3 is 11.9 Å². The van der Waals surface area contributed by atoms with Crippen molar-refractivity contribution in [2.45, 2.75) is 43.3 Å². The van der Waals surface area contributed by atoms with E-state index in [1.165, 1.54) is 33.5 Å². The molecule has 2 atom stereocenters. The molecule has 0 N–H and O–H groups in total. The topological polar surface area (TPSA) is 110 Å². The number of rotatable bonds is 6. The first-order chi connectivity index (χ1) is 14.2. The third-order valence-corrected chi connectivity index (χ3v) is 7.15. The Morgan fingerprint density at radius 2 is 1.77 bits per heavy atom. The highest BCUT2D eigenvalue weighted by atomic mass is 35.5.